The molecule has 1 saturated heterocycles. The third-order valence-corrected chi connectivity index (χ3v) is 1.49. The van der Waals surface area contributed by atoms with Crippen LogP contribution >= 0.6 is 0 Å². The third-order valence-electron chi connectivity index (χ3n) is 1.49. The van der Waals surface area contributed by atoms with Crippen molar-refractivity contribution in [3.8, 4) is 0 Å². The van der Waals surface area contributed by atoms with Gasteiger partial charge in [-0.2, -0.15) is 0 Å². The van der Waals surface area contributed by atoms with Crippen LogP contribution in [0.4, 0.5) is 4.79 Å². The molecular formula is C7H5NO4. The average Bonchev–Trinajstić information content (AvgIpc) is 2.58. The minimum Gasteiger partial charge on any atom is -0.465 e. The number of nitrogens with one attached hydrogen (secondary N) is 1. The first kappa shape index (κ1) is 6.90. The molecule has 62 valence electrons. The molecule has 1 aromatic heterocycles. The number of carbonyl (C=O) groups is 2. The molecule has 1 fully saturated rings. The Kier molecular flexibility index (Phi) is 1.36. The van der Waals surface area contributed by atoms with Gasteiger partial charge in [0, 0.05) is 0 Å². The molecule has 5 nitrogen and oxygen atoms in total. The molecule has 5 heteroatoms. The molecule has 2 heterocycles. The molecule has 0 saturated carbocycles. The van der Waals surface area contributed by atoms with Gasteiger partial charge in [-0.25, -0.2) is 4.79 Å². The van der Waals surface area contributed by atoms with Crippen molar-refractivity contribution in [1.82, 2.24) is 5.32 Å². The van der Waals surface area contributed by atoms with Gasteiger partial charge in [-0.15, -0.1) is 0 Å². The Balaban J connectivity index is 2.26. The van der Waals surface area contributed by atoms with E-state index in [0.717, 1.165) is 0 Å². The van der Waals surface area contributed by atoms with Gasteiger partial charge < -0.3 is 9.15 Å². The maximum atomic E-state index is 11.0. The molecule has 0 radical (unpaired) electrons. The molecule has 0 bridgehead atoms. The smallest absolute Gasteiger partial charge is 0.415 e. The highest BCUT2D eigenvalue weighted by Gasteiger charge is 2.35. The summed E-state index contributed by atoms with van der Waals surface area (Å²) < 4.78 is 9.52. The van der Waals surface area contributed by atoms with Crippen LogP contribution in [0.15, 0.2) is 22.8 Å². The zero-order valence-corrected chi connectivity index (χ0v) is 5.94. The molecule has 1 atom stereocenters. The van der Waals surface area contributed by atoms with Gasteiger partial charge in [-0.3, -0.25) is 10.1 Å². The Morgan fingerprint density at radius 1 is 1.42 bits per heavy atom. The fourth-order valence-electron chi connectivity index (χ4n) is 0.984. The molecule has 1 aliphatic heterocycles. The van der Waals surface area contributed by atoms with Gasteiger partial charge in [-0.05, 0) is 12.1 Å². The minimum absolute atomic E-state index is 0.332. The molecule has 12 heavy (non-hydrogen) atoms. The van der Waals surface area contributed by atoms with E-state index in [1.165, 1.54) is 6.26 Å². The normalized spacial score (nSPS) is 22.2. The van der Waals surface area contributed by atoms with E-state index < -0.39 is 18.1 Å². The van der Waals surface area contributed by atoms with Gasteiger partial charge in [0.05, 0.1) is 6.26 Å². The molecule has 0 spiro atoms. The number of rotatable bonds is 1. The van der Waals surface area contributed by atoms with Crippen molar-refractivity contribution in [2.24, 2.45) is 0 Å². The quantitative estimate of drug-likeness (QED) is 0.664. The van der Waals surface area contributed by atoms with Gasteiger partial charge in [0.2, 0.25) is 6.10 Å². The SMILES string of the molecule is O=C1NC(=O)C(c2ccco2)O1. The van der Waals surface area contributed by atoms with E-state index in [4.69, 9.17) is 4.42 Å². The van der Waals surface area contributed by atoms with Gasteiger partial charge >= 0.3 is 6.09 Å². The van der Waals surface area contributed by atoms with Crippen LogP contribution in [0.3, 0.4) is 0 Å². The van der Waals surface area contributed by atoms with E-state index in [0.29, 0.717) is 5.76 Å². The standard InChI is InChI=1S/C7H5NO4/c9-6-5(12-7(10)8-6)4-2-1-3-11-4/h1-3,5H,(H,8,9,10). The zero-order valence-electron chi connectivity index (χ0n) is 5.94. The van der Waals surface area contributed by atoms with Crippen molar-refractivity contribution in [3.05, 3.63) is 24.2 Å². The van der Waals surface area contributed by atoms with Crippen LogP contribution in [0, 0.1) is 0 Å². The largest absolute Gasteiger partial charge is 0.465 e. The summed E-state index contributed by atoms with van der Waals surface area (Å²) in [6, 6.07) is 3.19. The lowest BCUT2D eigenvalue weighted by Crippen LogP contribution is -2.20. The van der Waals surface area contributed by atoms with Gasteiger partial charge in [0.25, 0.3) is 5.91 Å². The Morgan fingerprint density at radius 2 is 2.25 bits per heavy atom. The van der Waals surface area contributed by atoms with Crippen LogP contribution in [0.1, 0.15) is 11.9 Å². The number of furan rings is 1. The average molecular weight is 167 g/mol. The first-order valence-electron chi connectivity index (χ1n) is 3.32. The predicted octanol–water partition coefficient (Wildman–Crippen LogP) is 0.587. The number of amides is 2. The van der Waals surface area contributed by atoms with E-state index in [-0.39, 0.29) is 0 Å². The Morgan fingerprint density at radius 3 is 2.75 bits per heavy atom. The molecule has 0 aliphatic carbocycles. The summed E-state index contributed by atoms with van der Waals surface area (Å²) >= 11 is 0. The Labute approximate surface area is 67.3 Å². The number of cyclic esters (lactones) is 1. The van der Waals surface area contributed by atoms with Crippen molar-refractivity contribution >= 4 is 12.0 Å². The van der Waals surface area contributed by atoms with Crippen LogP contribution in [0.25, 0.3) is 0 Å². The van der Waals surface area contributed by atoms with Crippen molar-refractivity contribution in [2.75, 3.05) is 0 Å². The van der Waals surface area contributed by atoms with Crippen LogP contribution in [0.2, 0.25) is 0 Å². The molecular weight excluding hydrogens is 162 g/mol. The summed E-state index contributed by atoms with van der Waals surface area (Å²) in [5, 5.41) is 2.00. The summed E-state index contributed by atoms with van der Waals surface area (Å²) in [5.41, 5.74) is 0. The number of imide groups is 1. The second-order valence-electron chi connectivity index (χ2n) is 2.29. The van der Waals surface area contributed by atoms with E-state index in [2.05, 4.69) is 4.74 Å². The summed E-state index contributed by atoms with van der Waals surface area (Å²) in [4.78, 5) is 21.5. The third kappa shape index (κ3) is 0.952. The minimum atomic E-state index is -0.924. The highest BCUT2D eigenvalue weighted by atomic mass is 16.6. The second-order valence-corrected chi connectivity index (χ2v) is 2.29. The summed E-state index contributed by atoms with van der Waals surface area (Å²) in [7, 11) is 0. The molecule has 1 aromatic rings. The van der Waals surface area contributed by atoms with E-state index in [1.807, 2.05) is 5.32 Å². The number of alkyl carbamates (subject to hydrolysis) is 1. The second kappa shape index (κ2) is 2.37. The molecule has 1 aliphatic rings. The molecule has 1 unspecified atom stereocenters. The van der Waals surface area contributed by atoms with Crippen molar-refractivity contribution < 1.29 is 18.7 Å². The predicted molar refractivity (Wildman–Crippen MR) is 36.1 cm³/mol. The molecule has 1 N–H and O–H groups in total. The van der Waals surface area contributed by atoms with Gasteiger partial charge in [-0.1, -0.05) is 0 Å². The highest BCUT2D eigenvalue weighted by molar-refractivity contribution is 6.00. The van der Waals surface area contributed by atoms with Crippen LogP contribution in [-0.4, -0.2) is 12.0 Å². The van der Waals surface area contributed by atoms with E-state index >= 15 is 0 Å². The Bertz CT molecular complexity index is 316. The summed E-state index contributed by atoms with van der Waals surface area (Å²) in [6.07, 6.45) is -0.247. The zero-order chi connectivity index (χ0) is 8.55. The first-order valence-corrected chi connectivity index (χ1v) is 3.32. The molecule has 2 amide bonds. The van der Waals surface area contributed by atoms with E-state index in [1.54, 1.807) is 12.1 Å². The molecule has 2 rings (SSSR count). The lowest BCUT2D eigenvalue weighted by molar-refractivity contribution is -0.124. The van der Waals surface area contributed by atoms with Crippen molar-refractivity contribution in [1.29, 1.82) is 0 Å². The topological polar surface area (TPSA) is 68.5 Å². The maximum absolute atomic E-state index is 11.0. The van der Waals surface area contributed by atoms with Crippen LogP contribution in [0.5, 0.6) is 0 Å². The lowest BCUT2D eigenvalue weighted by Gasteiger charge is -1.99. The van der Waals surface area contributed by atoms with Crippen LogP contribution in [-0.2, 0) is 9.53 Å². The van der Waals surface area contributed by atoms with E-state index in [9.17, 15) is 9.59 Å². The van der Waals surface area contributed by atoms with Crippen LogP contribution < -0.4 is 5.32 Å². The first-order chi connectivity index (χ1) is 5.77. The fraction of sp³-hybridized carbons (Fsp3) is 0.143. The van der Waals surface area contributed by atoms with Gasteiger partial charge in [0.15, 0.2) is 5.76 Å². The molecule has 0 aromatic carbocycles. The van der Waals surface area contributed by atoms with Crippen molar-refractivity contribution in [3.63, 3.8) is 0 Å². The monoisotopic (exact) mass is 167 g/mol. The van der Waals surface area contributed by atoms with Crippen molar-refractivity contribution in [2.45, 2.75) is 6.10 Å². The lowest BCUT2D eigenvalue weighted by atomic mass is 10.3. The highest BCUT2D eigenvalue weighted by Crippen LogP contribution is 2.21. The Hall–Kier alpha value is -1.78. The summed E-state index contributed by atoms with van der Waals surface area (Å²) in [6.45, 7) is 0. The summed E-state index contributed by atoms with van der Waals surface area (Å²) in [5.74, 6) is -0.159. The fourth-order valence-corrected chi connectivity index (χ4v) is 0.984. The number of hydrogen-bond acceptors (Lipinski definition) is 4. The van der Waals surface area contributed by atoms with Gasteiger partial charge in [0.1, 0.15) is 0 Å². The number of carbonyl (C=O) groups excluding carboxylic acids is 2. The number of ether oxygens (including phenoxy) is 1. The number of hydrogen-bond donors (Lipinski definition) is 1. The maximum Gasteiger partial charge on any atom is 0.415 e.